The number of rotatable bonds is 5. The Bertz CT molecular complexity index is 631. The van der Waals surface area contributed by atoms with Crippen molar-refractivity contribution in [2.75, 3.05) is 20.7 Å². The van der Waals surface area contributed by atoms with Gasteiger partial charge in [0.15, 0.2) is 0 Å². The van der Waals surface area contributed by atoms with Gasteiger partial charge in [-0.25, -0.2) is 17.5 Å². The van der Waals surface area contributed by atoms with Crippen molar-refractivity contribution in [2.24, 2.45) is 5.41 Å². The number of aromatic carboxylic acids is 1. The quantitative estimate of drug-likeness (QED) is 0.899. The van der Waals surface area contributed by atoms with Crippen LogP contribution in [-0.2, 0) is 10.0 Å². The van der Waals surface area contributed by atoms with Gasteiger partial charge in [0.1, 0.15) is 10.6 Å². The summed E-state index contributed by atoms with van der Waals surface area (Å²) in [6.45, 7) is 6.06. The molecule has 1 N–H and O–H groups in total. The average Bonchev–Trinajstić information content (AvgIpc) is 2.35. The van der Waals surface area contributed by atoms with Gasteiger partial charge in [0.25, 0.3) is 0 Å². The maximum absolute atomic E-state index is 12.6. The zero-order valence-electron chi connectivity index (χ0n) is 12.9. The van der Waals surface area contributed by atoms with Crippen molar-refractivity contribution in [2.45, 2.75) is 25.7 Å². The molecular weight excluding hydrogens is 294 g/mol. The zero-order valence-corrected chi connectivity index (χ0v) is 13.7. The summed E-state index contributed by atoms with van der Waals surface area (Å²) in [5.41, 5.74) is -0.321. The third kappa shape index (κ3) is 4.18. The summed E-state index contributed by atoms with van der Waals surface area (Å²) in [4.78, 5) is 10.9. The van der Waals surface area contributed by atoms with Crippen molar-refractivity contribution in [1.82, 2.24) is 4.31 Å². The van der Waals surface area contributed by atoms with E-state index in [9.17, 15) is 13.2 Å². The van der Waals surface area contributed by atoms with Crippen LogP contribution in [0.5, 0.6) is 5.75 Å². The monoisotopic (exact) mass is 315 g/mol. The van der Waals surface area contributed by atoms with E-state index in [0.29, 0.717) is 6.54 Å². The normalized spacial score (nSPS) is 12.5. The Kier molecular flexibility index (Phi) is 5.01. The minimum absolute atomic E-state index is 0.0986. The molecule has 0 radical (unpaired) electrons. The molecule has 0 heterocycles. The highest BCUT2D eigenvalue weighted by atomic mass is 32.2. The third-order valence-electron chi connectivity index (χ3n) is 2.80. The largest absolute Gasteiger partial charge is 0.495 e. The van der Waals surface area contributed by atoms with Gasteiger partial charge in [0.05, 0.1) is 12.7 Å². The van der Waals surface area contributed by atoms with Crippen molar-refractivity contribution in [3.8, 4) is 5.75 Å². The lowest BCUT2D eigenvalue weighted by molar-refractivity contribution is 0.0696. The molecule has 6 nitrogen and oxygen atoms in total. The van der Waals surface area contributed by atoms with E-state index >= 15 is 0 Å². The maximum atomic E-state index is 12.6. The Morgan fingerprint density at radius 1 is 1.33 bits per heavy atom. The van der Waals surface area contributed by atoms with Gasteiger partial charge in [-0.05, 0) is 23.6 Å². The predicted molar refractivity (Wildman–Crippen MR) is 79.2 cm³/mol. The minimum Gasteiger partial charge on any atom is -0.495 e. The van der Waals surface area contributed by atoms with Crippen LogP contribution in [0.3, 0.4) is 0 Å². The molecule has 1 aromatic carbocycles. The summed E-state index contributed by atoms with van der Waals surface area (Å²) >= 11 is 0. The standard InChI is InChI=1S/C14H21NO5S/c1-14(2,3)9-15(4)21(18,19)12-8-10(13(16)17)6-7-11(12)20-5/h6-8H,9H2,1-5H3,(H,16,17). The van der Waals surface area contributed by atoms with Crippen LogP contribution in [0.25, 0.3) is 0 Å². The number of hydrogen-bond acceptors (Lipinski definition) is 4. The van der Waals surface area contributed by atoms with Crippen LogP contribution in [-0.4, -0.2) is 44.5 Å². The van der Waals surface area contributed by atoms with E-state index in [2.05, 4.69) is 0 Å². The second-order valence-electron chi connectivity index (χ2n) is 5.99. The molecule has 0 aliphatic carbocycles. The molecule has 0 saturated carbocycles. The second-order valence-corrected chi connectivity index (χ2v) is 8.01. The lowest BCUT2D eigenvalue weighted by Gasteiger charge is -2.26. The Balaban J connectivity index is 3.35. The third-order valence-corrected chi connectivity index (χ3v) is 4.62. The summed E-state index contributed by atoms with van der Waals surface area (Å²) in [7, 11) is -1.01. The summed E-state index contributed by atoms with van der Waals surface area (Å²) < 4.78 is 31.5. The van der Waals surface area contributed by atoms with Gasteiger partial charge in [-0.15, -0.1) is 0 Å². The van der Waals surface area contributed by atoms with E-state index in [-0.39, 0.29) is 21.6 Å². The highest BCUT2D eigenvalue weighted by Crippen LogP contribution is 2.29. The highest BCUT2D eigenvalue weighted by molar-refractivity contribution is 7.89. The Labute approximate surface area is 125 Å². The number of carboxylic acids is 1. The SMILES string of the molecule is COc1ccc(C(=O)O)cc1S(=O)(=O)N(C)CC(C)(C)C. The summed E-state index contributed by atoms with van der Waals surface area (Å²) in [5, 5.41) is 9.01. The first-order chi connectivity index (χ1) is 9.49. The molecule has 1 rings (SSSR count). The maximum Gasteiger partial charge on any atom is 0.335 e. The van der Waals surface area contributed by atoms with Crippen LogP contribution in [0.4, 0.5) is 0 Å². The number of carboxylic acid groups (broad SMARTS) is 1. The van der Waals surface area contributed by atoms with E-state index in [1.807, 2.05) is 20.8 Å². The first kappa shape index (κ1) is 17.5. The number of hydrogen-bond donors (Lipinski definition) is 1. The number of sulfonamides is 1. The topological polar surface area (TPSA) is 83.9 Å². The molecule has 0 saturated heterocycles. The van der Waals surface area contributed by atoms with Gasteiger partial charge < -0.3 is 9.84 Å². The van der Waals surface area contributed by atoms with E-state index in [1.165, 1.54) is 30.6 Å². The van der Waals surface area contributed by atoms with Gasteiger partial charge in [0.2, 0.25) is 10.0 Å². The van der Waals surface area contributed by atoms with E-state index < -0.39 is 16.0 Å². The molecule has 0 aromatic heterocycles. The molecule has 21 heavy (non-hydrogen) atoms. The molecule has 0 unspecified atom stereocenters. The summed E-state index contributed by atoms with van der Waals surface area (Å²) in [5.74, 6) is -1.06. The van der Waals surface area contributed by atoms with Gasteiger partial charge in [-0.3, -0.25) is 0 Å². The van der Waals surface area contributed by atoms with Crippen molar-refractivity contribution in [3.63, 3.8) is 0 Å². The smallest absolute Gasteiger partial charge is 0.335 e. The number of nitrogens with zero attached hydrogens (tertiary/aromatic N) is 1. The first-order valence-corrected chi connectivity index (χ1v) is 7.81. The molecule has 0 aliphatic rings. The first-order valence-electron chi connectivity index (χ1n) is 6.37. The van der Waals surface area contributed by atoms with E-state index in [0.717, 1.165) is 6.07 Å². The average molecular weight is 315 g/mol. The predicted octanol–water partition coefficient (Wildman–Crippen LogP) is 2.06. The summed E-state index contributed by atoms with van der Waals surface area (Å²) in [6, 6.07) is 3.78. The number of methoxy groups -OCH3 is 1. The van der Waals surface area contributed by atoms with E-state index in [4.69, 9.17) is 9.84 Å². The number of ether oxygens (including phenoxy) is 1. The van der Waals surface area contributed by atoms with Gasteiger partial charge in [-0.2, -0.15) is 0 Å². The molecule has 1 aromatic rings. The fourth-order valence-corrected chi connectivity index (χ4v) is 3.51. The Hall–Kier alpha value is -1.60. The lowest BCUT2D eigenvalue weighted by atomic mass is 9.97. The van der Waals surface area contributed by atoms with Crippen molar-refractivity contribution in [1.29, 1.82) is 0 Å². The highest BCUT2D eigenvalue weighted by Gasteiger charge is 2.28. The van der Waals surface area contributed by atoms with Crippen LogP contribution >= 0.6 is 0 Å². The van der Waals surface area contributed by atoms with E-state index in [1.54, 1.807) is 0 Å². The van der Waals surface area contributed by atoms with Crippen molar-refractivity contribution >= 4 is 16.0 Å². The number of benzene rings is 1. The van der Waals surface area contributed by atoms with Crippen molar-refractivity contribution < 1.29 is 23.1 Å². The fourth-order valence-electron chi connectivity index (χ4n) is 1.93. The number of carbonyl (C=O) groups is 1. The molecule has 0 atom stereocenters. The molecule has 0 amide bonds. The van der Waals surface area contributed by atoms with Crippen LogP contribution < -0.4 is 4.74 Å². The van der Waals surface area contributed by atoms with Crippen LogP contribution in [0.15, 0.2) is 23.1 Å². The van der Waals surface area contributed by atoms with Crippen LogP contribution in [0.2, 0.25) is 0 Å². The van der Waals surface area contributed by atoms with Crippen LogP contribution in [0, 0.1) is 5.41 Å². The molecular formula is C14H21NO5S. The lowest BCUT2D eigenvalue weighted by Crippen LogP contribution is -2.34. The fraction of sp³-hybridized carbons (Fsp3) is 0.500. The molecule has 7 heteroatoms. The molecule has 0 fully saturated rings. The molecule has 0 spiro atoms. The molecule has 0 aliphatic heterocycles. The Morgan fingerprint density at radius 3 is 2.33 bits per heavy atom. The Morgan fingerprint density at radius 2 is 1.90 bits per heavy atom. The minimum atomic E-state index is -3.83. The van der Waals surface area contributed by atoms with Crippen LogP contribution in [0.1, 0.15) is 31.1 Å². The van der Waals surface area contributed by atoms with Gasteiger partial charge >= 0.3 is 5.97 Å². The second kappa shape index (κ2) is 6.03. The zero-order chi connectivity index (χ0) is 16.4. The van der Waals surface area contributed by atoms with Gasteiger partial charge in [0, 0.05) is 13.6 Å². The molecule has 118 valence electrons. The van der Waals surface area contributed by atoms with Crippen molar-refractivity contribution in [3.05, 3.63) is 23.8 Å². The van der Waals surface area contributed by atoms with Gasteiger partial charge in [-0.1, -0.05) is 20.8 Å². The molecule has 0 bridgehead atoms. The summed E-state index contributed by atoms with van der Waals surface area (Å²) in [6.07, 6.45) is 0.